The molecular formula is C18H14FN3O4. The molecule has 0 unspecified atom stereocenters. The number of benzene rings is 2. The quantitative estimate of drug-likeness (QED) is 0.699. The Hall–Kier alpha value is -3.55. The molecule has 0 aliphatic heterocycles. The molecule has 1 atom stereocenters. The van der Waals surface area contributed by atoms with Gasteiger partial charge in [-0.15, -0.1) is 0 Å². The maximum Gasteiger partial charge on any atom is 0.360 e. The van der Waals surface area contributed by atoms with Crippen LogP contribution >= 0.6 is 0 Å². The molecule has 0 aliphatic rings. The topological polar surface area (TPSA) is 101 Å². The first-order valence-electron chi connectivity index (χ1n) is 7.71. The van der Waals surface area contributed by atoms with Gasteiger partial charge in [-0.25, -0.2) is 14.3 Å². The van der Waals surface area contributed by atoms with Gasteiger partial charge in [0, 0.05) is 5.39 Å². The minimum atomic E-state index is -1.20. The highest BCUT2D eigenvalue weighted by Crippen LogP contribution is 2.16. The summed E-state index contributed by atoms with van der Waals surface area (Å²) in [5, 5.41) is 8.86. The Labute approximate surface area is 146 Å². The number of fused-ring (bicyclic) bond motifs is 1. The van der Waals surface area contributed by atoms with Crippen LogP contribution in [0.15, 0.2) is 53.3 Å². The average Bonchev–Trinajstić information content (AvgIpc) is 2.64. The number of rotatable bonds is 4. The molecule has 7 nitrogen and oxygen atoms in total. The average molecular weight is 355 g/mol. The Morgan fingerprint density at radius 3 is 2.50 bits per heavy atom. The van der Waals surface area contributed by atoms with Gasteiger partial charge in [-0.2, -0.15) is 5.10 Å². The molecule has 1 aromatic heterocycles. The number of halogens is 1. The van der Waals surface area contributed by atoms with E-state index in [1.807, 2.05) is 0 Å². The Morgan fingerprint density at radius 2 is 1.77 bits per heavy atom. The molecule has 26 heavy (non-hydrogen) atoms. The Balaban J connectivity index is 1.78. The van der Waals surface area contributed by atoms with Gasteiger partial charge in [-0.3, -0.25) is 9.59 Å². The molecule has 3 rings (SSSR count). The summed E-state index contributed by atoms with van der Waals surface area (Å²) in [5.74, 6) is -2.18. The lowest BCUT2D eigenvalue weighted by Crippen LogP contribution is -2.31. The highest BCUT2D eigenvalue weighted by molar-refractivity contribution is 6.03. The number of ether oxygens (including phenoxy) is 1. The number of H-pyrrole nitrogens is 1. The summed E-state index contributed by atoms with van der Waals surface area (Å²) < 4.78 is 18.7. The van der Waals surface area contributed by atoms with E-state index < -0.39 is 29.4 Å². The van der Waals surface area contributed by atoms with Crippen LogP contribution in [0.4, 0.5) is 10.1 Å². The zero-order valence-electron chi connectivity index (χ0n) is 13.7. The summed E-state index contributed by atoms with van der Waals surface area (Å²) in [6, 6.07) is 12.0. The number of aromatic nitrogens is 2. The predicted octanol–water partition coefficient (Wildman–Crippen LogP) is 2.25. The van der Waals surface area contributed by atoms with Crippen LogP contribution in [0.3, 0.4) is 0 Å². The van der Waals surface area contributed by atoms with Crippen molar-refractivity contribution in [2.45, 2.75) is 13.0 Å². The molecule has 1 heterocycles. The largest absolute Gasteiger partial charge is 0.448 e. The van der Waals surface area contributed by atoms with E-state index in [0.29, 0.717) is 5.39 Å². The van der Waals surface area contributed by atoms with Gasteiger partial charge in [0.2, 0.25) is 0 Å². The van der Waals surface area contributed by atoms with Crippen LogP contribution in [0.2, 0.25) is 0 Å². The first kappa shape index (κ1) is 17.3. The van der Waals surface area contributed by atoms with Crippen molar-refractivity contribution < 1.29 is 18.7 Å². The molecule has 132 valence electrons. The van der Waals surface area contributed by atoms with Gasteiger partial charge in [-0.1, -0.05) is 30.3 Å². The van der Waals surface area contributed by atoms with Crippen molar-refractivity contribution in [1.29, 1.82) is 0 Å². The molecule has 0 spiro atoms. The molecule has 2 N–H and O–H groups in total. The third-order valence-corrected chi connectivity index (χ3v) is 3.67. The van der Waals surface area contributed by atoms with Crippen LogP contribution < -0.4 is 10.9 Å². The van der Waals surface area contributed by atoms with Gasteiger partial charge in [0.25, 0.3) is 11.5 Å². The number of nitrogens with zero attached hydrogens (tertiary/aromatic N) is 1. The lowest BCUT2D eigenvalue weighted by Gasteiger charge is -2.14. The van der Waals surface area contributed by atoms with Crippen LogP contribution in [-0.2, 0) is 9.53 Å². The lowest BCUT2D eigenvalue weighted by atomic mass is 10.1. The first-order valence-corrected chi connectivity index (χ1v) is 7.71. The summed E-state index contributed by atoms with van der Waals surface area (Å²) in [4.78, 5) is 36.2. The van der Waals surface area contributed by atoms with E-state index in [-0.39, 0.29) is 16.8 Å². The van der Waals surface area contributed by atoms with Crippen molar-refractivity contribution in [3.05, 3.63) is 70.4 Å². The summed E-state index contributed by atoms with van der Waals surface area (Å²) in [5.41, 5.74) is -0.582. The number of hydrogen-bond acceptors (Lipinski definition) is 5. The van der Waals surface area contributed by atoms with Crippen molar-refractivity contribution in [3.8, 4) is 0 Å². The van der Waals surface area contributed by atoms with Crippen molar-refractivity contribution >= 4 is 28.3 Å². The Kier molecular flexibility index (Phi) is 4.74. The second-order valence-corrected chi connectivity index (χ2v) is 5.46. The zero-order chi connectivity index (χ0) is 18.7. The van der Waals surface area contributed by atoms with Gasteiger partial charge >= 0.3 is 5.97 Å². The summed E-state index contributed by atoms with van der Waals surface area (Å²) >= 11 is 0. The number of carbonyl (C=O) groups is 2. The number of para-hydroxylation sites is 1. The number of amides is 1. The fourth-order valence-corrected chi connectivity index (χ4v) is 2.34. The fourth-order valence-electron chi connectivity index (χ4n) is 2.34. The van der Waals surface area contributed by atoms with E-state index in [2.05, 4.69) is 15.5 Å². The van der Waals surface area contributed by atoms with Gasteiger partial charge in [0.05, 0.1) is 11.1 Å². The first-order chi connectivity index (χ1) is 12.5. The second-order valence-electron chi connectivity index (χ2n) is 5.46. The van der Waals surface area contributed by atoms with E-state index in [1.165, 1.54) is 25.1 Å². The van der Waals surface area contributed by atoms with Crippen LogP contribution in [-0.4, -0.2) is 28.2 Å². The van der Waals surface area contributed by atoms with Crippen molar-refractivity contribution in [2.75, 3.05) is 5.32 Å². The molecule has 0 fully saturated rings. The maximum atomic E-state index is 13.6. The molecule has 2 aromatic carbocycles. The Bertz CT molecular complexity index is 1050. The zero-order valence-corrected chi connectivity index (χ0v) is 13.7. The van der Waals surface area contributed by atoms with E-state index >= 15 is 0 Å². The molecular weight excluding hydrogens is 341 g/mol. The van der Waals surface area contributed by atoms with E-state index in [9.17, 15) is 18.8 Å². The summed E-state index contributed by atoms with van der Waals surface area (Å²) in [6.45, 7) is 1.35. The fraction of sp³-hybridized carbons (Fsp3) is 0.111. The smallest absolute Gasteiger partial charge is 0.360 e. The third kappa shape index (κ3) is 3.44. The normalized spacial score (nSPS) is 11.8. The molecule has 0 aliphatic carbocycles. The van der Waals surface area contributed by atoms with Crippen molar-refractivity contribution in [1.82, 2.24) is 10.2 Å². The number of nitrogens with one attached hydrogen (secondary N) is 2. The monoisotopic (exact) mass is 355 g/mol. The van der Waals surface area contributed by atoms with E-state index in [0.717, 1.165) is 0 Å². The van der Waals surface area contributed by atoms with Gasteiger partial charge < -0.3 is 10.1 Å². The minimum Gasteiger partial charge on any atom is -0.448 e. The molecule has 1 amide bonds. The lowest BCUT2D eigenvalue weighted by molar-refractivity contribution is -0.123. The molecule has 3 aromatic rings. The molecule has 8 heteroatoms. The predicted molar refractivity (Wildman–Crippen MR) is 92.3 cm³/mol. The van der Waals surface area contributed by atoms with Gasteiger partial charge in [0.1, 0.15) is 5.82 Å². The van der Waals surface area contributed by atoms with Gasteiger partial charge in [0.15, 0.2) is 11.8 Å². The summed E-state index contributed by atoms with van der Waals surface area (Å²) in [7, 11) is 0. The molecule has 0 bridgehead atoms. The van der Waals surface area contributed by atoms with Crippen molar-refractivity contribution in [3.63, 3.8) is 0 Å². The minimum absolute atomic E-state index is 0.0204. The number of carbonyl (C=O) groups excluding carboxylic acids is 2. The van der Waals surface area contributed by atoms with Crippen LogP contribution in [0, 0.1) is 5.82 Å². The second kappa shape index (κ2) is 7.14. The van der Waals surface area contributed by atoms with Crippen LogP contribution in [0.25, 0.3) is 10.8 Å². The van der Waals surface area contributed by atoms with Gasteiger partial charge in [-0.05, 0) is 25.1 Å². The van der Waals surface area contributed by atoms with E-state index in [1.54, 1.807) is 30.3 Å². The van der Waals surface area contributed by atoms with Crippen molar-refractivity contribution in [2.24, 2.45) is 0 Å². The number of aromatic amines is 1. The van der Waals surface area contributed by atoms with E-state index in [4.69, 9.17) is 4.74 Å². The summed E-state index contributed by atoms with van der Waals surface area (Å²) in [6.07, 6.45) is -1.20. The van der Waals surface area contributed by atoms with Crippen LogP contribution in [0.5, 0.6) is 0 Å². The highest BCUT2D eigenvalue weighted by Gasteiger charge is 2.22. The molecule has 0 saturated carbocycles. The Morgan fingerprint density at radius 1 is 1.12 bits per heavy atom. The SMILES string of the molecule is C[C@H](OC(=O)c1n[nH]c(=O)c2ccccc12)C(=O)Nc1ccccc1F. The highest BCUT2D eigenvalue weighted by atomic mass is 19.1. The number of esters is 1. The molecule has 0 radical (unpaired) electrons. The number of hydrogen-bond donors (Lipinski definition) is 2. The van der Waals surface area contributed by atoms with Crippen LogP contribution in [0.1, 0.15) is 17.4 Å². The molecule has 0 saturated heterocycles. The standard InChI is InChI=1S/C18H14FN3O4/c1-10(16(23)20-14-9-5-4-8-13(14)19)26-18(25)15-11-6-2-3-7-12(11)17(24)22-21-15/h2-10H,1H3,(H,20,23)(H,22,24)/t10-/m0/s1. The third-order valence-electron chi connectivity index (χ3n) is 3.67. The maximum absolute atomic E-state index is 13.6. The number of anilines is 1.